The predicted octanol–water partition coefficient (Wildman–Crippen LogP) is 0.930. The Balaban J connectivity index is 2.12. The molecule has 2 nitrogen and oxygen atoms in total. The molecule has 1 atom stereocenters. The van der Waals surface area contributed by atoms with Crippen LogP contribution < -0.4 is 0 Å². The van der Waals surface area contributed by atoms with Gasteiger partial charge in [0, 0.05) is 0 Å². The molecule has 2 fully saturated rings. The first kappa shape index (κ1) is 6.65. The lowest BCUT2D eigenvalue weighted by atomic mass is 10.0. The van der Waals surface area contributed by atoms with Gasteiger partial charge >= 0.3 is 0 Å². The fourth-order valence-corrected chi connectivity index (χ4v) is 3.40. The van der Waals surface area contributed by atoms with E-state index in [1.165, 1.54) is 0 Å². The predicted molar refractivity (Wildman–Crippen MR) is 39.3 cm³/mol. The van der Waals surface area contributed by atoms with Crippen molar-refractivity contribution in [2.75, 3.05) is 0 Å². The van der Waals surface area contributed by atoms with Crippen LogP contribution in [-0.2, 0) is 9.84 Å². The summed E-state index contributed by atoms with van der Waals surface area (Å²) in [5.41, 5.74) is 0. The van der Waals surface area contributed by atoms with Crippen LogP contribution in [0, 0.1) is 6.42 Å². The van der Waals surface area contributed by atoms with E-state index in [1.807, 2.05) is 6.42 Å². The summed E-state index contributed by atoms with van der Waals surface area (Å²) in [6, 6.07) is 0. The highest BCUT2D eigenvalue weighted by Crippen LogP contribution is 2.37. The smallest absolute Gasteiger partial charge is 0.156 e. The van der Waals surface area contributed by atoms with Gasteiger partial charge in [0.05, 0.1) is 10.5 Å². The van der Waals surface area contributed by atoms with Crippen LogP contribution in [-0.4, -0.2) is 18.9 Å². The van der Waals surface area contributed by atoms with Crippen LogP contribution >= 0.6 is 0 Å². The van der Waals surface area contributed by atoms with Crippen LogP contribution in [0.5, 0.6) is 0 Å². The third-order valence-electron chi connectivity index (χ3n) is 2.29. The zero-order valence-electron chi connectivity index (χ0n) is 5.79. The SMILES string of the molecule is O=S(=O)(C1[CH]CC1)C1CC1. The molecule has 0 heterocycles. The van der Waals surface area contributed by atoms with E-state index in [4.69, 9.17) is 0 Å². The van der Waals surface area contributed by atoms with Crippen LogP contribution in [0.25, 0.3) is 0 Å². The van der Waals surface area contributed by atoms with Gasteiger partial charge in [0.15, 0.2) is 9.84 Å². The molecule has 0 saturated heterocycles. The molecule has 0 aromatic carbocycles. The minimum atomic E-state index is -2.68. The second-order valence-corrected chi connectivity index (χ2v) is 5.59. The molecule has 2 rings (SSSR count). The largest absolute Gasteiger partial charge is 0.228 e. The lowest BCUT2D eigenvalue weighted by Gasteiger charge is -2.24. The molecule has 3 heteroatoms. The van der Waals surface area contributed by atoms with Crippen molar-refractivity contribution in [1.82, 2.24) is 0 Å². The highest BCUT2D eigenvalue weighted by Gasteiger charge is 2.43. The lowest BCUT2D eigenvalue weighted by molar-refractivity contribution is 0.551. The molecule has 0 N–H and O–H groups in total. The molecule has 0 spiro atoms. The molecule has 0 bridgehead atoms. The summed E-state index contributed by atoms with van der Waals surface area (Å²) in [4.78, 5) is 0. The van der Waals surface area contributed by atoms with Gasteiger partial charge in [-0.05, 0) is 32.1 Å². The molecule has 10 heavy (non-hydrogen) atoms. The van der Waals surface area contributed by atoms with Crippen molar-refractivity contribution in [3.63, 3.8) is 0 Å². The summed E-state index contributed by atoms with van der Waals surface area (Å²) >= 11 is 0. The Hall–Kier alpha value is -0.0500. The summed E-state index contributed by atoms with van der Waals surface area (Å²) in [7, 11) is -2.68. The molecule has 0 aromatic rings. The normalized spacial score (nSPS) is 28.0. The quantitative estimate of drug-likeness (QED) is 0.600. The monoisotopic (exact) mass is 159 g/mol. The van der Waals surface area contributed by atoms with Gasteiger partial charge < -0.3 is 0 Å². The second kappa shape index (κ2) is 1.97. The van der Waals surface area contributed by atoms with Gasteiger partial charge in [0.25, 0.3) is 0 Å². The first-order valence-corrected chi connectivity index (χ1v) is 5.38. The lowest BCUT2D eigenvalue weighted by Crippen LogP contribution is -2.31. The van der Waals surface area contributed by atoms with Crippen molar-refractivity contribution in [2.24, 2.45) is 0 Å². The van der Waals surface area contributed by atoms with E-state index in [-0.39, 0.29) is 10.5 Å². The molecular formula is C7H11O2S. The third kappa shape index (κ3) is 0.875. The van der Waals surface area contributed by atoms with Gasteiger partial charge in [0.1, 0.15) is 0 Å². The fourth-order valence-electron chi connectivity index (χ4n) is 1.24. The van der Waals surface area contributed by atoms with Gasteiger partial charge in [0.2, 0.25) is 0 Å². The average Bonchev–Trinajstić information content (AvgIpc) is 2.32. The fraction of sp³-hybridized carbons (Fsp3) is 0.857. The molecule has 57 valence electrons. The Bertz CT molecular complexity index is 222. The Morgan fingerprint density at radius 3 is 2.10 bits per heavy atom. The first-order valence-electron chi connectivity index (χ1n) is 3.77. The summed E-state index contributed by atoms with van der Waals surface area (Å²) in [6.45, 7) is 0. The first-order chi connectivity index (χ1) is 4.71. The Morgan fingerprint density at radius 2 is 1.80 bits per heavy atom. The summed E-state index contributed by atoms with van der Waals surface area (Å²) in [5, 5.41) is -0.0333. The molecule has 2 aliphatic rings. The second-order valence-electron chi connectivity index (χ2n) is 3.14. The molecule has 1 unspecified atom stereocenters. The van der Waals surface area contributed by atoms with Crippen molar-refractivity contribution in [2.45, 2.75) is 36.2 Å². The highest BCUT2D eigenvalue weighted by atomic mass is 32.2. The summed E-state index contributed by atoms with van der Waals surface area (Å²) in [6.07, 6.45) is 5.61. The van der Waals surface area contributed by atoms with E-state index in [2.05, 4.69) is 0 Å². The van der Waals surface area contributed by atoms with Gasteiger partial charge in [-0.15, -0.1) is 0 Å². The van der Waals surface area contributed by atoms with Crippen molar-refractivity contribution < 1.29 is 8.42 Å². The summed E-state index contributed by atoms with van der Waals surface area (Å²) in [5.74, 6) is 0. The molecule has 1 radical (unpaired) electrons. The number of hydrogen-bond acceptors (Lipinski definition) is 2. The average molecular weight is 159 g/mol. The van der Waals surface area contributed by atoms with E-state index < -0.39 is 9.84 Å². The molecule has 2 saturated carbocycles. The van der Waals surface area contributed by atoms with Crippen molar-refractivity contribution >= 4 is 9.84 Å². The maximum absolute atomic E-state index is 11.3. The van der Waals surface area contributed by atoms with Crippen LogP contribution in [0.3, 0.4) is 0 Å². The minimum Gasteiger partial charge on any atom is -0.228 e. The highest BCUT2D eigenvalue weighted by molar-refractivity contribution is 7.93. The van der Waals surface area contributed by atoms with E-state index in [9.17, 15) is 8.42 Å². The Kier molecular flexibility index (Phi) is 1.31. The van der Waals surface area contributed by atoms with Crippen LogP contribution in [0.15, 0.2) is 0 Å². The molecule has 0 aromatic heterocycles. The number of hydrogen-bond donors (Lipinski definition) is 0. The van der Waals surface area contributed by atoms with Gasteiger partial charge in [-0.3, -0.25) is 0 Å². The molecule has 0 aliphatic heterocycles. The Morgan fingerprint density at radius 1 is 1.20 bits per heavy atom. The van der Waals surface area contributed by atoms with Gasteiger partial charge in [-0.25, -0.2) is 8.42 Å². The number of sulfone groups is 1. The van der Waals surface area contributed by atoms with E-state index in [0.29, 0.717) is 0 Å². The zero-order valence-corrected chi connectivity index (χ0v) is 6.60. The minimum absolute atomic E-state index is 0.0362. The van der Waals surface area contributed by atoms with Crippen molar-refractivity contribution in [3.05, 3.63) is 6.42 Å². The molecular weight excluding hydrogens is 148 g/mol. The van der Waals surface area contributed by atoms with Crippen molar-refractivity contribution in [3.8, 4) is 0 Å². The maximum atomic E-state index is 11.3. The van der Waals surface area contributed by atoms with Crippen LogP contribution in [0.1, 0.15) is 25.7 Å². The maximum Gasteiger partial charge on any atom is 0.156 e. The molecule has 0 amide bonds. The van der Waals surface area contributed by atoms with E-state index in [0.717, 1.165) is 25.7 Å². The zero-order chi connectivity index (χ0) is 7.19. The van der Waals surface area contributed by atoms with Crippen LogP contribution in [0.4, 0.5) is 0 Å². The number of rotatable bonds is 2. The Labute approximate surface area is 61.5 Å². The topological polar surface area (TPSA) is 34.1 Å². The van der Waals surface area contributed by atoms with Crippen LogP contribution in [0.2, 0.25) is 0 Å². The standard InChI is InChI=1S/C7H11O2S/c8-10(9,7-4-5-7)6-2-1-3-6/h2,6-7H,1,3-5H2. The van der Waals surface area contributed by atoms with Gasteiger partial charge in [-0.2, -0.15) is 0 Å². The van der Waals surface area contributed by atoms with E-state index >= 15 is 0 Å². The van der Waals surface area contributed by atoms with Crippen molar-refractivity contribution in [1.29, 1.82) is 0 Å². The van der Waals surface area contributed by atoms with E-state index in [1.54, 1.807) is 0 Å². The third-order valence-corrected chi connectivity index (χ3v) is 4.96. The van der Waals surface area contributed by atoms with Gasteiger partial charge in [-0.1, -0.05) is 0 Å². The molecule has 2 aliphatic carbocycles. The summed E-state index contributed by atoms with van der Waals surface area (Å²) < 4.78 is 22.7.